The first-order valence-electron chi connectivity index (χ1n) is 7.74. The van der Waals surface area contributed by atoms with E-state index in [1.54, 1.807) is 12.4 Å². The van der Waals surface area contributed by atoms with Crippen molar-refractivity contribution in [2.45, 2.75) is 19.9 Å². The van der Waals surface area contributed by atoms with Gasteiger partial charge in [0.25, 0.3) is 5.91 Å². The lowest BCUT2D eigenvalue weighted by Gasteiger charge is -2.22. The standard InChI is InChI=1S/C15H20ClN5OS/c1-12-18-17-11-21(12)9-7-19-4-2-5-20(8-6-19)15(22)14-13(16)3-10-23-14/h3,10-11H,2,4-9H2,1H3. The lowest BCUT2D eigenvalue weighted by molar-refractivity contribution is 0.0766. The van der Waals surface area contributed by atoms with Crippen LogP contribution in [0.4, 0.5) is 0 Å². The van der Waals surface area contributed by atoms with Gasteiger partial charge in [0.05, 0.1) is 5.02 Å². The van der Waals surface area contributed by atoms with Gasteiger partial charge in [-0.05, 0) is 31.3 Å². The number of nitrogens with zero attached hydrogens (tertiary/aromatic N) is 5. The number of amides is 1. The summed E-state index contributed by atoms with van der Waals surface area (Å²) in [4.78, 5) is 17.5. The van der Waals surface area contributed by atoms with Crippen LogP contribution >= 0.6 is 22.9 Å². The molecule has 3 rings (SSSR count). The van der Waals surface area contributed by atoms with Crippen molar-refractivity contribution in [3.8, 4) is 0 Å². The molecule has 8 heteroatoms. The molecule has 1 aliphatic rings. The zero-order chi connectivity index (χ0) is 16.2. The number of thiophene rings is 1. The van der Waals surface area contributed by atoms with Crippen molar-refractivity contribution >= 4 is 28.8 Å². The summed E-state index contributed by atoms with van der Waals surface area (Å²) in [6.07, 6.45) is 2.75. The van der Waals surface area contributed by atoms with Crippen molar-refractivity contribution in [3.63, 3.8) is 0 Å². The summed E-state index contributed by atoms with van der Waals surface area (Å²) >= 11 is 7.50. The first kappa shape index (κ1) is 16.4. The molecule has 0 aliphatic carbocycles. The molecule has 0 aromatic carbocycles. The topological polar surface area (TPSA) is 54.3 Å². The second-order valence-electron chi connectivity index (χ2n) is 5.66. The van der Waals surface area contributed by atoms with E-state index >= 15 is 0 Å². The van der Waals surface area contributed by atoms with E-state index in [0.717, 1.165) is 51.5 Å². The summed E-state index contributed by atoms with van der Waals surface area (Å²) in [5.74, 6) is 0.991. The minimum atomic E-state index is 0.0569. The van der Waals surface area contributed by atoms with Crippen LogP contribution in [0.2, 0.25) is 5.02 Å². The van der Waals surface area contributed by atoms with Gasteiger partial charge in [0.15, 0.2) is 0 Å². The number of aryl methyl sites for hydroxylation is 1. The average molecular weight is 354 g/mol. The maximum Gasteiger partial charge on any atom is 0.265 e. The van der Waals surface area contributed by atoms with Crippen LogP contribution in [0.1, 0.15) is 21.9 Å². The minimum absolute atomic E-state index is 0.0569. The van der Waals surface area contributed by atoms with Crippen molar-refractivity contribution in [3.05, 3.63) is 33.5 Å². The summed E-state index contributed by atoms with van der Waals surface area (Å²) in [6, 6.07) is 1.78. The van der Waals surface area contributed by atoms with Crippen LogP contribution in [0, 0.1) is 6.92 Å². The van der Waals surface area contributed by atoms with Crippen LogP contribution in [0.25, 0.3) is 0 Å². The lowest BCUT2D eigenvalue weighted by atomic mass is 10.3. The summed E-state index contributed by atoms with van der Waals surface area (Å²) in [5, 5.41) is 10.3. The molecule has 0 radical (unpaired) electrons. The van der Waals surface area contributed by atoms with Crippen molar-refractivity contribution in [2.24, 2.45) is 0 Å². The molecule has 124 valence electrons. The molecule has 0 atom stereocenters. The second kappa shape index (κ2) is 7.42. The first-order chi connectivity index (χ1) is 11.1. The first-order valence-corrected chi connectivity index (χ1v) is 9.00. The molecular formula is C15H20ClN5OS. The van der Waals surface area contributed by atoms with Crippen molar-refractivity contribution in [1.29, 1.82) is 0 Å². The fourth-order valence-electron chi connectivity index (χ4n) is 2.77. The van der Waals surface area contributed by atoms with Crippen molar-refractivity contribution < 1.29 is 4.79 Å². The Hall–Kier alpha value is -1.44. The highest BCUT2D eigenvalue weighted by Gasteiger charge is 2.22. The van der Waals surface area contributed by atoms with Gasteiger partial charge in [0, 0.05) is 32.7 Å². The summed E-state index contributed by atoms with van der Waals surface area (Å²) in [7, 11) is 0. The maximum atomic E-state index is 12.5. The summed E-state index contributed by atoms with van der Waals surface area (Å²) < 4.78 is 2.05. The zero-order valence-electron chi connectivity index (χ0n) is 13.1. The normalized spacial score (nSPS) is 16.5. The Labute approximate surface area is 144 Å². The summed E-state index contributed by atoms with van der Waals surface area (Å²) in [5.41, 5.74) is 0. The molecule has 0 unspecified atom stereocenters. The predicted octanol–water partition coefficient (Wildman–Crippen LogP) is 2.15. The molecule has 2 aromatic rings. The highest BCUT2D eigenvalue weighted by molar-refractivity contribution is 7.12. The van der Waals surface area contributed by atoms with Crippen LogP contribution < -0.4 is 0 Å². The van der Waals surface area contributed by atoms with E-state index in [2.05, 4.69) is 19.7 Å². The smallest absolute Gasteiger partial charge is 0.265 e. The van der Waals surface area contributed by atoms with Gasteiger partial charge in [-0.1, -0.05) is 11.6 Å². The molecule has 2 aromatic heterocycles. The van der Waals surface area contributed by atoms with Crippen LogP contribution in [0.15, 0.2) is 17.8 Å². The highest BCUT2D eigenvalue weighted by Crippen LogP contribution is 2.24. The fourth-order valence-corrected chi connectivity index (χ4v) is 3.87. The summed E-state index contributed by atoms with van der Waals surface area (Å²) in [6.45, 7) is 7.20. The van der Waals surface area contributed by atoms with Gasteiger partial charge in [0.2, 0.25) is 0 Å². The Kier molecular flexibility index (Phi) is 5.30. The molecule has 0 saturated carbocycles. The van der Waals surface area contributed by atoms with Crippen LogP contribution in [-0.2, 0) is 6.54 Å². The van der Waals surface area contributed by atoms with Gasteiger partial charge >= 0.3 is 0 Å². The quantitative estimate of drug-likeness (QED) is 0.845. The molecule has 1 fully saturated rings. The monoisotopic (exact) mass is 353 g/mol. The fraction of sp³-hybridized carbons (Fsp3) is 0.533. The number of carbonyl (C=O) groups excluding carboxylic acids is 1. The van der Waals surface area contributed by atoms with Crippen molar-refractivity contribution in [2.75, 3.05) is 32.7 Å². The van der Waals surface area contributed by atoms with Crippen LogP contribution in [-0.4, -0.2) is 63.2 Å². The molecule has 1 saturated heterocycles. The predicted molar refractivity (Wildman–Crippen MR) is 91.0 cm³/mol. The molecule has 23 heavy (non-hydrogen) atoms. The number of rotatable bonds is 4. The third kappa shape index (κ3) is 3.91. The zero-order valence-corrected chi connectivity index (χ0v) is 14.7. The third-order valence-electron chi connectivity index (χ3n) is 4.15. The minimum Gasteiger partial charge on any atom is -0.337 e. The highest BCUT2D eigenvalue weighted by atomic mass is 35.5. The average Bonchev–Trinajstić information content (AvgIpc) is 3.06. The lowest BCUT2D eigenvalue weighted by Crippen LogP contribution is -2.35. The van der Waals surface area contributed by atoms with Gasteiger partial charge in [0.1, 0.15) is 17.0 Å². The third-order valence-corrected chi connectivity index (χ3v) is 5.48. The number of halogens is 1. The van der Waals surface area contributed by atoms with E-state index in [4.69, 9.17) is 11.6 Å². The number of carbonyl (C=O) groups is 1. The molecule has 3 heterocycles. The molecule has 0 bridgehead atoms. The van der Waals surface area contributed by atoms with Gasteiger partial charge in [-0.15, -0.1) is 21.5 Å². The Bertz CT molecular complexity index is 670. The van der Waals surface area contributed by atoms with Crippen LogP contribution in [0.3, 0.4) is 0 Å². The van der Waals surface area contributed by atoms with Gasteiger partial charge in [-0.3, -0.25) is 9.69 Å². The molecule has 0 spiro atoms. The second-order valence-corrected chi connectivity index (χ2v) is 6.98. The molecular weight excluding hydrogens is 334 g/mol. The number of hydrogen-bond acceptors (Lipinski definition) is 5. The molecule has 1 amide bonds. The Morgan fingerprint density at radius 3 is 2.87 bits per heavy atom. The van der Waals surface area contributed by atoms with Gasteiger partial charge < -0.3 is 9.47 Å². The number of hydrogen-bond donors (Lipinski definition) is 0. The van der Waals surface area contributed by atoms with E-state index in [1.807, 2.05) is 17.2 Å². The van der Waals surface area contributed by atoms with E-state index in [0.29, 0.717) is 9.90 Å². The maximum absolute atomic E-state index is 12.5. The molecule has 6 nitrogen and oxygen atoms in total. The molecule has 1 aliphatic heterocycles. The Morgan fingerprint density at radius 2 is 2.17 bits per heavy atom. The van der Waals surface area contributed by atoms with E-state index < -0.39 is 0 Å². The van der Waals surface area contributed by atoms with E-state index in [9.17, 15) is 4.79 Å². The van der Waals surface area contributed by atoms with E-state index in [-0.39, 0.29) is 5.91 Å². The van der Waals surface area contributed by atoms with Gasteiger partial charge in [-0.25, -0.2) is 0 Å². The van der Waals surface area contributed by atoms with Crippen molar-refractivity contribution in [1.82, 2.24) is 24.6 Å². The number of aromatic nitrogens is 3. The molecule has 0 N–H and O–H groups in total. The Morgan fingerprint density at radius 1 is 1.30 bits per heavy atom. The van der Waals surface area contributed by atoms with Crippen LogP contribution in [0.5, 0.6) is 0 Å². The Balaban J connectivity index is 1.54. The van der Waals surface area contributed by atoms with E-state index in [1.165, 1.54) is 11.3 Å². The largest absolute Gasteiger partial charge is 0.337 e. The SMILES string of the molecule is Cc1nncn1CCN1CCCN(C(=O)c2sccc2Cl)CC1. The van der Waals surface area contributed by atoms with Gasteiger partial charge in [-0.2, -0.15) is 0 Å².